The van der Waals surface area contributed by atoms with Gasteiger partial charge in [-0.3, -0.25) is 0 Å². The Labute approximate surface area is 127 Å². The zero-order chi connectivity index (χ0) is 14.8. The Morgan fingerprint density at radius 3 is 2.76 bits per heavy atom. The number of aryl methyl sites for hydroxylation is 2. The fraction of sp³-hybridized carbons (Fsp3) is 0.500. The van der Waals surface area contributed by atoms with Crippen LogP contribution < -0.4 is 5.32 Å². The summed E-state index contributed by atoms with van der Waals surface area (Å²) in [5.41, 5.74) is 4.06. The van der Waals surface area contributed by atoms with Gasteiger partial charge in [-0.1, -0.05) is 29.8 Å². The lowest BCUT2D eigenvalue weighted by atomic mass is 10.0. The van der Waals surface area contributed by atoms with E-state index in [0.29, 0.717) is 6.04 Å². The second-order valence-corrected chi connectivity index (χ2v) is 6.37. The highest BCUT2D eigenvalue weighted by molar-refractivity contribution is 5.23. The number of rotatable bonds is 6. The van der Waals surface area contributed by atoms with Crippen LogP contribution in [-0.4, -0.2) is 15.6 Å². The van der Waals surface area contributed by atoms with Crippen LogP contribution in [0.4, 0.5) is 0 Å². The Balaban J connectivity index is 1.64. The molecule has 1 fully saturated rings. The quantitative estimate of drug-likeness (QED) is 0.882. The molecule has 0 saturated heterocycles. The van der Waals surface area contributed by atoms with E-state index in [1.54, 1.807) is 0 Å². The summed E-state index contributed by atoms with van der Waals surface area (Å²) >= 11 is 0. The van der Waals surface area contributed by atoms with Gasteiger partial charge in [0.25, 0.3) is 0 Å². The number of hydrogen-bond donors (Lipinski definition) is 1. The van der Waals surface area contributed by atoms with Gasteiger partial charge in [-0.15, -0.1) is 0 Å². The Morgan fingerprint density at radius 2 is 2.14 bits per heavy atom. The molecule has 1 unspecified atom stereocenters. The second kappa shape index (κ2) is 6.02. The smallest absolute Gasteiger partial charge is 0.105 e. The van der Waals surface area contributed by atoms with Crippen LogP contribution in [-0.2, 0) is 20.0 Å². The molecule has 1 aliphatic carbocycles. The molecule has 0 aliphatic heterocycles. The predicted octanol–water partition coefficient (Wildman–Crippen LogP) is 3.15. The monoisotopic (exact) mass is 283 g/mol. The van der Waals surface area contributed by atoms with Crippen LogP contribution in [0.1, 0.15) is 35.5 Å². The van der Waals surface area contributed by atoms with E-state index in [0.717, 1.165) is 24.7 Å². The lowest BCUT2D eigenvalue weighted by molar-refractivity contribution is 0.451. The van der Waals surface area contributed by atoms with Crippen molar-refractivity contribution in [2.24, 2.45) is 13.0 Å². The first-order valence-corrected chi connectivity index (χ1v) is 7.89. The molecule has 21 heavy (non-hydrogen) atoms. The van der Waals surface area contributed by atoms with Crippen LogP contribution in [0.3, 0.4) is 0 Å². The number of nitrogens with one attached hydrogen (secondary N) is 1. The minimum absolute atomic E-state index is 0.585. The Hall–Kier alpha value is -1.61. The third kappa shape index (κ3) is 3.53. The van der Waals surface area contributed by atoms with Crippen molar-refractivity contribution in [2.75, 3.05) is 0 Å². The largest absolute Gasteiger partial charge is 0.334 e. The van der Waals surface area contributed by atoms with Crippen LogP contribution in [0.15, 0.2) is 30.5 Å². The van der Waals surface area contributed by atoms with E-state index in [1.807, 2.05) is 6.20 Å². The fourth-order valence-electron chi connectivity index (χ4n) is 2.95. The first-order chi connectivity index (χ1) is 10.1. The van der Waals surface area contributed by atoms with Crippen LogP contribution >= 0.6 is 0 Å². The van der Waals surface area contributed by atoms with Crippen molar-refractivity contribution in [3.63, 3.8) is 0 Å². The molecule has 1 aliphatic rings. The molecule has 3 nitrogen and oxygen atoms in total. The molecule has 2 aromatic rings. The molecule has 1 N–H and O–H groups in total. The van der Waals surface area contributed by atoms with Crippen LogP contribution in [0, 0.1) is 19.8 Å². The highest BCUT2D eigenvalue weighted by atomic mass is 15.1. The maximum atomic E-state index is 4.37. The summed E-state index contributed by atoms with van der Waals surface area (Å²) in [6.45, 7) is 5.13. The van der Waals surface area contributed by atoms with E-state index < -0.39 is 0 Å². The second-order valence-electron chi connectivity index (χ2n) is 6.37. The zero-order valence-corrected chi connectivity index (χ0v) is 13.3. The molecule has 0 amide bonds. The minimum atomic E-state index is 0.585. The average molecular weight is 283 g/mol. The normalized spacial score (nSPS) is 16.1. The van der Waals surface area contributed by atoms with E-state index in [4.69, 9.17) is 0 Å². The van der Waals surface area contributed by atoms with Gasteiger partial charge in [-0.2, -0.15) is 0 Å². The van der Waals surface area contributed by atoms with Gasteiger partial charge in [0.1, 0.15) is 5.82 Å². The summed E-state index contributed by atoms with van der Waals surface area (Å²) in [6.07, 6.45) is 5.85. The molecule has 0 spiro atoms. The SMILES string of the molecule is Cc1cccc(CC(NCc2cnc(C)n2C)C2CC2)c1. The molecule has 1 aromatic carbocycles. The molecule has 112 valence electrons. The summed E-state index contributed by atoms with van der Waals surface area (Å²) in [5, 5.41) is 3.76. The van der Waals surface area contributed by atoms with Gasteiger partial charge >= 0.3 is 0 Å². The lowest BCUT2D eigenvalue weighted by Gasteiger charge is -2.19. The van der Waals surface area contributed by atoms with E-state index in [1.165, 1.54) is 29.7 Å². The molecule has 1 atom stereocenters. The molecule has 3 heteroatoms. The maximum Gasteiger partial charge on any atom is 0.105 e. The summed E-state index contributed by atoms with van der Waals surface area (Å²) in [4.78, 5) is 4.37. The van der Waals surface area contributed by atoms with E-state index in [2.05, 4.69) is 60.0 Å². The number of imidazole rings is 1. The Bertz CT molecular complexity index is 611. The summed E-state index contributed by atoms with van der Waals surface area (Å²) in [7, 11) is 2.09. The first kappa shape index (κ1) is 14.3. The minimum Gasteiger partial charge on any atom is -0.334 e. The van der Waals surface area contributed by atoms with Gasteiger partial charge in [0.2, 0.25) is 0 Å². The van der Waals surface area contributed by atoms with Crippen molar-refractivity contribution in [1.82, 2.24) is 14.9 Å². The molecular formula is C18H25N3. The van der Waals surface area contributed by atoms with Crippen molar-refractivity contribution in [3.8, 4) is 0 Å². The van der Waals surface area contributed by atoms with E-state index in [-0.39, 0.29) is 0 Å². The first-order valence-electron chi connectivity index (χ1n) is 7.89. The summed E-state index contributed by atoms with van der Waals surface area (Å²) < 4.78 is 2.17. The van der Waals surface area contributed by atoms with Gasteiger partial charge in [-0.25, -0.2) is 4.98 Å². The zero-order valence-electron chi connectivity index (χ0n) is 13.3. The lowest BCUT2D eigenvalue weighted by Crippen LogP contribution is -2.33. The summed E-state index contributed by atoms with van der Waals surface area (Å²) in [6, 6.07) is 9.48. The highest BCUT2D eigenvalue weighted by Crippen LogP contribution is 2.34. The van der Waals surface area contributed by atoms with Crippen LogP contribution in [0.5, 0.6) is 0 Å². The summed E-state index contributed by atoms with van der Waals surface area (Å²) in [5.74, 6) is 1.92. The topological polar surface area (TPSA) is 29.9 Å². The fourth-order valence-corrected chi connectivity index (χ4v) is 2.95. The third-order valence-corrected chi connectivity index (χ3v) is 4.59. The molecular weight excluding hydrogens is 258 g/mol. The Morgan fingerprint density at radius 1 is 1.33 bits per heavy atom. The molecule has 1 aromatic heterocycles. The predicted molar refractivity (Wildman–Crippen MR) is 86.2 cm³/mol. The molecule has 3 rings (SSSR count). The molecule has 1 heterocycles. The highest BCUT2D eigenvalue weighted by Gasteiger charge is 2.31. The van der Waals surface area contributed by atoms with Crippen LogP contribution in [0.25, 0.3) is 0 Å². The molecule has 0 bridgehead atoms. The standard InChI is InChI=1S/C18H25N3/c1-13-5-4-6-15(9-13)10-18(16-7-8-16)20-12-17-11-19-14(2)21(17)3/h4-6,9,11,16,18,20H,7-8,10,12H2,1-3H3. The van der Waals surface area contributed by atoms with Crippen LogP contribution in [0.2, 0.25) is 0 Å². The Kier molecular flexibility index (Phi) is 4.11. The van der Waals surface area contributed by atoms with Gasteiger partial charge in [0.15, 0.2) is 0 Å². The van der Waals surface area contributed by atoms with E-state index in [9.17, 15) is 0 Å². The van der Waals surface area contributed by atoms with Crippen molar-refractivity contribution in [1.29, 1.82) is 0 Å². The van der Waals surface area contributed by atoms with E-state index >= 15 is 0 Å². The number of aromatic nitrogens is 2. The number of nitrogens with zero attached hydrogens (tertiary/aromatic N) is 2. The molecule has 0 radical (unpaired) electrons. The van der Waals surface area contributed by atoms with Crippen molar-refractivity contribution < 1.29 is 0 Å². The third-order valence-electron chi connectivity index (χ3n) is 4.59. The number of benzene rings is 1. The van der Waals surface area contributed by atoms with Crippen molar-refractivity contribution >= 4 is 0 Å². The molecule has 1 saturated carbocycles. The van der Waals surface area contributed by atoms with Crippen molar-refractivity contribution in [3.05, 3.63) is 53.1 Å². The number of hydrogen-bond acceptors (Lipinski definition) is 2. The maximum absolute atomic E-state index is 4.37. The van der Waals surface area contributed by atoms with Gasteiger partial charge in [-0.05, 0) is 44.6 Å². The van der Waals surface area contributed by atoms with Gasteiger partial charge < -0.3 is 9.88 Å². The van der Waals surface area contributed by atoms with Gasteiger partial charge in [0.05, 0.1) is 5.69 Å². The van der Waals surface area contributed by atoms with Gasteiger partial charge in [0, 0.05) is 25.8 Å². The average Bonchev–Trinajstić information content (AvgIpc) is 3.25. The van der Waals surface area contributed by atoms with Crippen molar-refractivity contribution in [2.45, 2.75) is 45.7 Å².